The molecule has 1 rings (SSSR count). The van der Waals surface area contributed by atoms with Gasteiger partial charge in [-0.3, -0.25) is 23.0 Å². The summed E-state index contributed by atoms with van der Waals surface area (Å²) < 4.78 is 114. The molecule has 0 aliphatic carbocycles. The van der Waals surface area contributed by atoms with E-state index >= 15 is 0 Å². The second-order valence-electron chi connectivity index (χ2n) is 8.56. The van der Waals surface area contributed by atoms with Crippen molar-refractivity contribution in [2.75, 3.05) is 62.9 Å². The van der Waals surface area contributed by atoms with Gasteiger partial charge in [0.1, 0.15) is 0 Å². The van der Waals surface area contributed by atoms with Gasteiger partial charge < -0.3 is 14.9 Å². The van der Waals surface area contributed by atoms with E-state index in [0.717, 1.165) is 5.56 Å². The van der Waals surface area contributed by atoms with Gasteiger partial charge in [0.15, 0.2) is 0 Å². The highest BCUT2D eigenvalue weighted by Crippen LogP contribution is 1.99. The first-order valence-electron chi connectivity index (χ1n) is 13.4. The summed E-state index contributed by atoms with van der Waals surface area (Å²) in [6.07, 6.45) is 1.20. The molecule has 46 heavy (non-hydrogen) atoms. The van der Waals surface area contributed by atoms with E-state index in [-0.39, 0.29) is 36.0 Å². The van der Waals surface area contributed by atoms with E-state index in [1.54, 1.807) is 5.48 Å². The summed E-state index contributed by atoms with van der Waals surface area (Å²) in [7, 11) is -13.9. The van der Waals surface area contributed by atoms with Gasteiger partial charge in [0.05, 0.1) is 43.3 Å². The molecule has 0 spiro atoms. The number of hydrogen-bond donors (Lipinski definition) is 9. The minimum atomic E-state index is -3.86. The van der Waals surface area contributed by atoms with Crippen LogP contribution < -0.4 is 21.9 Å². The average Bonchev–Trinajstić information content (AvgIpc) is 2.92. The third-order valence-electron chi connectivity index (χ3n) is 4.31. The molecule has 0 unspecified atom stereocenters. The fourth-order valence-corrected chi connectivity index (χ4v) is 4.41. The summed E-state index contributed by atoms with van der Waals surface area (Å²) in [6, 6.07) is 9.61. The van der Waals surface area contributed by atoms with Crippen molar-refractivity contribution in [1.82, 2.24) is 21.9 Å². The number of hydroxylamine groups is 4. The van der Waals surface area contributed by atoms with Crippen LogP contribution in [0.25, 0.3) is 0 Å². The van der Waals surface area contributed by atoms with Gasteiger partial charge in [-0.2, -0.15) is 33.7 Å². The molecule has 9 N–H and O–H groups in total. The van der Waals surface area contributed by atoms with E-state index in [0.29, 0.717) is 52.1 Å². The van der Waals surface area contributed by atoms with Crippen molar-refractivity contribution >= 4 is 40.5 Å². The van der Waals surface area contributed by atoms with Crippen LogP contribution in [0.15, 0.2) is 30.3 Å². The van der Waals surface area contributed by atoms with Crippen LogP contribution in [-0.4, -0.2) is 120 Å². The lowest BCUT2D eigenvalue weighted by molar-refractivity contribution is 0.0283. The average molecular weight is 753 g/mol. The van der Waals surface area contributed by atoms with E-state index in [2.05, 4.69) is 21.3 Å². The Morgan fingerprint density at radius 3 is 1.30 bits per heavy atom. The van der Waals surface area contributed by atoms with Crippen molar-refractivity contribution in [2.24, 2.45) is 0 Å². The van der Waals surface area contributed by atoms with Gasteiger partial charge in [-0.1, -0.05) is 30.3 Å². The highest BCUT2D eigenvalue weighted by molar-refractivity contribution is 7.86. The summed E-state index contributed by atoms with van der Waals surface area (Å²) in [4.78, 5) is 14.3. The number of benzene rings is 1. The first-order valence-corrected chi connectivity index (χ1v) is 19.9. The van der Waals surface area contributed by atoms with Gasteiger partial charge in [-0.25, -0.2) is 21.9 Å². The molecule has 20 nitrogen and oxygen atoms in total. The van der Waals surface area contributed by atoms with Crippen molar-refractivity contribution in [3.05, 3.63) is 35.9 Å². The Bertz CT molecular complexity index is 1270. The summed E-state index contributed by atoms with van der Waals surface area (Å²) in [5.41, 5.74) is 10.4. The zero-order valence-electron chi connectivity index (χ0n) is 25.6. The molecule has 0 saturated carbocycles. The zero-order chi connectivity index (χ0) is 36.0. The van der Waals surface area contributed by atoms with Gasteiger partial charge in [0, 0.05) is 26.2 Å². The minimum Gasteiger partial charge on any atom is -0.317 e. The Labute approximate surface area is 271 Å². The molecule has 1 aromatic carbocycles. The van der Waals surface area contributed by atoms with Crippen LogP contribution in [0.3, 0.4) is 0 Å². The predicted molar refractivity (Wildman–Crippen MR) is 168 cm³/mol. The Kier molecular flexibility index (Phi) is 31.6. The highest BCUT2D eigenvalue weighted by atomic mass is 32.2. The van der Waals surface area contributed by atoms with E-state index in [9.17, 15) is 33.7 Å². The largest absolute Gasteiger partial charge is 0.317 e. The maximum atomic E-state index is 10.4. The Hall–Kier alpha value is -1.46. The molecular weight excluding hydrogens is 705 g/mol. The molecular formula is C22H48N4O16S4. The standard InChI is InChI=1S/C10H15NO4S.C5H13NO4S.C4H11NO4S.C3H9NO4S/c12-16(13,14)8-4-7-11-15-9-10-5-2-1-3-6-10;1-2-10-6-4-3-5-11(7,8)9;1-9-5-3-2-4-10(6,7)8;5-4-2-1-3-9(6,7)8/h1-3,5-6,11H,4,7-9H2,(H,12,13,14);6H,2-5H2,1H3,(H,7,8,9);5H,2-4H2,1H3,(H,6,7,8);4-5H,1-3H2,(H,6,7,8). The van der Waals surface area contributed by atoms with Gasteiger partial charge >= 0.3 is 0 Å². The van der Waals surface area contributed by atoms with Crippen LogP contribution in [0.4, 0.5) is 0 Å². The van der Waals surface area contributed by atoms with Crippen molar-refractivity contribution in [2.45, 2.75) is 39.2 Å². The maximum Gasteiger partial charge on any atom is 0.264 e. The summed E-state index contributed by atoms with van der Waals surface area (Å²) in [5.74, 6) is -1.04. The van der Waals surface area contributed by atoms with Crippen molar-refractivity contribution in [1.29, 1.82) is 0 Å². The topological polar surface area (TPSA) is 314 Å². The molecule has 0 saturated heterocycles. The molecule has 0 atom stereocenters. The summed E-state index contributed by atoms with van der Waals surface area (Å²) in [6.45, 7) is 4.16. The van der Waals surface area contributed by atoms with E-state index in [1.807, 2.05) is 37.3 Å². The number of nitrogens with one attached hydrogen (secondary N) is 4. The smallest absolute Gasteiger partial charge is 0.264 e. The zero-order valence-corrected chi connectivity index (χ0v) is 28.9. The van der Waals surface area contributed by atoms with Gasteiger partial charge in [0.25, 0.3) is 40.5 Å². The van der Waals surface area contributed by atoms with Gasteiger partial charge in [-0.15, -0.1) is 0 Å². The Morgan fingerprint density at radius 1 is 0.587 bits per heavy atom. The summed E-state index contributed by atoms with van der Waals surface area (Å²) >= 11 is 0. The van der Waals surface area contributed by atoms with Crippen LogP contribution in [0.5, 0.6) is 0 Å². The van der Waals surface area contributed by atoms with Crippen LogP contribution in [0, 0.1) is 0 Å². The van der Waals surface area contributed by atoms with E-state index in [1.165, 1.54) is 7.11 Å². The molecule has 0 bridgehead atoms. The molecule has 0 heterocycles. The first-order chi connectivity index (χ1) is 21.3. The van der Waals surface area contributed by atoms with Crippen LogP contribution in [0.2, 0.25) is 0 Å². The van der Waals surface area contributed by atoms with Crippen molar-refractivity contribution in [3.8, 4) is 0 Å². The fraction of sp³-hybridized carbons (Fsp3) is 0.727. The third-order valence-corrected chi connectivity index (χ3v) is 7.53. The number of hydrogen-bond acceptors (Lipinski definition) is 16. The van der Waals surface area contributed by atoms with Gasteiger partial charge in [-0.05, 0) is 38.2 Å². The molecule has 0 aliphatic rings. The maximum absolute atomic E-state index is 10.4. The van der Waals surface area contributed by atoms with E-state index < -0.39 is 40.5 Å². The second kappa shape index (κ2) is 29.7. The molecule has 1 aromatic rings. The molecule has 0 radical (unpaired) electrons. The lowest BCUT2D eigenvalue weighted by Gasteiger charge is -2.04. The molecule has 24 heteroatoms. The predicted octanol–water partition coefficient (Wildman–Crippen LogP) is -0.550. The SMILES string of the molecule is CCONCCCS(=O)(=O)O.CONCCCS(=O)(=O)O.O=S(=O)(O)CCCNO.O=S(=O)(O)CCCNOCc1ccccc1. The molecule has 0 amide bonds. The Morgan fingerprint density at radius 2 is 0.957 bits per heavy atom. The second-order valence-corrected chi connectivity index (χ2v) is 14.8. The summed E-state index contributed by atoms with van der Waals surface area (Å²) in [5, 5.41) is 7.94. The molecule has 0 aliphatic heterocycles. The monoisotopic (exact) mass is 752 g/mol. The lowest BCUT2D eigenvalue weighted by atomic mass is 10.2. The van der Waals surface area contributed by atoms with E-state index in [4.69, 9.17) is 33.1 Å². The highest BCUT2D eigenvalue weighted by Gasteiger charge is 2.04. The van der Waals surface area contributed by atoms with Crippen molar-refractivity contribution in [3.63, 3.8) is 0 Å². The lowest BCUT2D eigenvalue weighted by Crippen LogP contribution is -2.18. The van der Waals surface area contributed by atoms with Crippen LogP contribution in [0.1, 0.15) is 38.2 Å². The quantitative estimate of drug-likeness (QED) is 0.0407. The molecule has 0 fully saturated rings. The first kappa shape index (κ1) is 48.9. The minimum absolute atomic E-state index is 0.166. The third kappa shape index (κ3) is 52.1. The molecule has 0 aromatic heterocycles. The fourth-order valence-electron chi connectivity index (χ4n) is 2.37. The van der Waals surface area contributed by atoms with Crippen molar-refractivity contribution < 1.29 is 71.6 Å². The number of rotatable bonds is 22. The normalized spacial score (nSPS) is 11.7. The Balaban J connectivity index is -0.000000553. The van der Waals surface area contributed by atoms with Gasteiger partial charge in [0.2, 0.25) is 0 Å². The molecule has 276 valence electrons. The van der Waals surface area contributed by atoms with Crippen LogP contribution >= 0.6 is 0 Å². The van der Waals surface area contributed by atoms with Crippen LogP contribution in [-0.2, 0) is 61.6 Å².